The van der Waals surface area contributed by atoms with E-state index in [1.165, 1.54) is 24.9 Å². The van der Waals surface area contributed by atoms with Gasteiger partial charge in [-0.3, -0.25) is 14.7 Å². The highest BCUT2D eigenvalue weighted by atomic mass is 32.2. The summed E-state index contributed by atoms with van der Waals surface area (Å²) in [4.78, 5) is 22.4. The van der Waals surface area contributed by atoms with Crippen LogP contribution in [0.15, 0.2) is 46.8 Å². The fraction of sp³-hybridized carbons (Fsp3) is 0.211. The van der Waals surface area contributed by atoms with Crippen LogP contribution in [0, 0.1) is 6.92 Å². The molecule has 0 saturated carbocycles. The number of aromatic nitrogens is 2. The summed E-state index contributed by atoms with van der Waals surface area (Å²) < 4.78 is 51.8. The van der Waals surface area contributed by atoms with Crippen molar-refractivity contribution in [1.82, 2.24) is 9.97 Å². The number of rotatable bonds is 7. The second-order valence-electron chi connectivity index (χ2n) is 6.87. The van der Waals surface area contributed by atoms with Crippen LogP contribution in [-0.4, -0.2) is 51.5 Å². The molecular formula is C19H22N4O7S3. The highest BCUT2D eigenvalue weighted by Gasteiger charge is 2.23. The van der Waals surface area contributed by atoms with Crippen molar-refractivity contribution in [3.8, 4) is 17.0 Å². The van der Waals surface area contributed by atoms with Crippen molar-refractivity contribution in [1.29, 1.82) is 0 Å². The molecule has 11 nitrogen and oxygen atoms in total. The molecule has 3 rings (SSSR count). The number of likely N-dealkylation sites (N-methyl/N-ethyl adjacent to an activating group) is 1. The molecule has 0 radical (unpaired) electrons. The Morgan fingerprint density at radius 1 is 1.18 bits per heavy atom. The zero-order valence-electron chi connectivity index (χ0n) is 17.8. The third kappa shape index (κ3) is 6.55. The van der Waals surface area contributed by atoms with Crippen LogP contribution in [0.4, 0.5) is 5.13 Å². The maximum Gasteiger partial charge on any atom is 0.306 e. The standard InChI is InChI=1S/C19H20N4O6S3.H2O/c1-12-18(32(20,27)28)30-19(22-12)23(2)17(24)11-14-8-7-13(15-6-4-5-9-21-15)10-16(14)29-31(3,25)26;/h4-10H,11H2,1-3H3,(H2,20,27,28);1H2. The van der Waals surface area contributed by atoms with Crippen LogP contribution in [0.2, 0.25) is 0 Å². The summed E-state index contributed by atoms with van der Waals surface area (Å²) in [6, 6.07) is 10.1. The van der Waals surface area contributed by atoms with Crippen molar-refractivity contribution >= 4 is 42.5 Å². The number of nitrogens with two attached hydrogens (primary N) is 1. The van der Waals surface area contributed by atoms with Crippen LogP contribution in [0.5, 0.6) is 5.75 Å². The number of anilines is 1. The summed E-state index contributed by atoms with van der Waals surface area (Å²) in [5.41, 5.74) is 1.73. The highest BCUT2D eigenvalue weighted by Crippen LogP contribution is 2.31. The van der Waals surface area contributed by atoms with E-state index in [0.29, 0.717) is 16.8 Å². The number of carbonyl (C=O) groups is 1. The molecule has 0 bridgehead atoms. The summed E-state index contributed by atoms with van der Waals surface area (Å²) >= 11 is 0.773. The predicted molar refractivity (Wildman–Crippen MR) is 124 cm³/mol. The number of hydrogen-bond acceptors (Lipinski definition) is 9. The van der Waals surface area contributed by atoms with Crippen molar-refractivity contribution in [2.45, 2.75) is 17.6 Å². The van der Waals surface area contributed by atoms with Gasteiger partial charge in [-0.15, -0.1) is 0 Å². The largest absolute Gasteiger partial charge is 0.412 e. The van der Waals surface area contributed by atoms with E-state index in [0.717, 1.165) is 17.6 Å². The summed E-state index contributed by atoms with van der Waals surface area (Å²) in [7, 11) is -6.39. The van der Waals surface area contributed by atoms with Gasteiger partial charge in [-0.25, -0.2) is 18.5 Å². The number of aryl methyl sites for hydroxylation is 1. The first-order valence-corrected chi connectivity index (χ1v) is 13.2. The molecule has 0 saturated heterocycles. The molecule has 3 aromatic rings. The Morgan fingerprint density at radius 2 is 1.88 bits per heavy atom. The second-order valence-corrected chi connectivity index (χ2v) is 11.2. The molecule has 14 heteroatoms. The molecule has 178 valence electrons. The first-order chi connectivity index (χ1) is 14.8. The van der Waals surface area contributed by atoms with Crippen LogP contribution in [0.3, 0.4) is 0 Å². The Balaban J connectivity index is 0.00000385. The molecule has 2 heterocycles. The molecule has 0 aliphatic heterocycles. The van der Waals surface area contributed by atoms with E-state index in [4.69, 9.17) is 9.32 Å². The Labute approximate surface area is 195 Å². The number of thiazole rings is 1. The average molecular weight is 515 g/mol. The number of sulfonamides is 1. The third-order valence-corrected chi connectivity index (χ3v) is 7.54. The van der Waals surface area contributed by atoms with E-state index in [1.54, 1.807) is 36.5 Å². The van der Waals surface area contributed by atoms with Gasteiger partial charge in [0.2, 0.25) is 15.9 Å². The number of primary sulfonamides is 1. The third-order valence-electron chi connectivity index (χ3n) is 4.27. The molecule has 0 fully saturated rings. The number of hydrogen-bond donors (Lipinski definition) is 1. The van der Waals surface area contributed by atoms with Crippen molar-refractivity contribution < 1.29 is 31.3 Å². The van der Waals surface area contributed by atoms with Gasteiger partial charge >= 0.3 is 10.1 Å². The van der Waals surface area contributed by atoms with Crippen molar-refractivity contribution in [2.24, 2.45) is 5.14 Å². The lowest BCUT2D eigenvalue weighted by atomic mass is 10.0. The van der Waals surface area contributed by atoms with Crippen molar-refractivity contribution in [2.75, 3.05) is 18.2 Å². The topological polar surface area (TPSA) is 181 Å². The lowest BCUT2D eigenvalue weighted by Gasteiger charge is -2.16. The molecule has 0 aliphatic rings. The van der Waals surface area contributed by atoms with Gasteiger partial charge in [-0.2, -0.15) is 8.42 Å². The van der Waals surface area contributed by atoms with Gasteiger partial charge in [0, 0.05) is 24.4 Å². The monoisotopic (exact) mass is 514 g/mol. The molecule has 33 heavy (non-hydrogen) atoms. The number of amides is 1. The fourth-order valence-electron chi connectivity index (χ4n) is 2.80. The summed E-state index contributed by atoms with van der Waals surface area (Å²) in [5.74, 6) is -0.457. The molecule has 1 amide bonds. The smallest absolute Gasteiger partial charge is 0.306 e. The lowest BCUT2D eigenvalue weighted by molar-refractivity contribution is -0.117. The SMILES string of the molecule is Cc1nc(N(C)C(=O)Cc2ccc(-c3ccccn3)cc2OS(C)(=O)=O)sc1S(N)(=O)=O.O. The van der Waals surface area contributed by atoms with Crippen molar-refractivity contribution in [3.63, 3.8) is 0 Å². The van der Waals surface area contributed by atoms with Crippen LogP contribution in [0.1, 0.15) is 11.3 Å². The van der Waals surface area contributed by atoms with Gasteiger partial charge in [0.15, 0.2) is 9.34 Å². The normalized spacial score (nSPS) is 11.5. The summed E-state index contributed by atoms with van der Waals surface area (Å²) in [5, 5.41) is 5.32. The van der Waals surface area contributed by atoms with Crippen LogP contribution in [-0.2, 0) is 31.4 Å². The van der Waals surface area contributed by atoms with E-state index in [1.807, 2.05) is 0 Å². The molecule has 0 spiro atoms. The minimum absolute atomic E-state index is 0. The zero-order chi connectivity index (χ0) is 23.7. The van der Waals surface area contributed by atoms with Crippen LogP contribution in [0.25, 0.3) is 11.3 Å². The first-order valence-electron chi connectivity index (χ1n) is 9.06. The van der Waals surface area contributed by atoms with Gasteiger partial charge < -0.3 is 9.66 Å². The highest BCUT2D eigenvalue weighted by molar-refractivity contribution is 7.91. The van der Waals surface area contributed by atoms with Gasteiger partial charge in [0.05, 0.1) is 24.1 Å². The van der Waals surface area contributed by atoms with Gasteiger partial charge in [0.25, 0.3) is 0 Å². The summed E-state index contributed by atoms with van der Waals surface area (Å²) in [6.07, 6.45) is 2.29. The Morgan fingerprint density at radius 3 is 2.42 bits per heavy atom. The lowest BCUT2D eigenvalue weighted by Crippen LogP contribution is -2.28. The molecule has 0 unspecified atom stereocenters. The second kappa shape index (κ2) is 9.93. The van der Waals surface area contributed by atoms with E-state index >= 15 is 0 Å². The molecule has 0 aliphatic carbocycles. The number of nitrogens with zero attached hydrogens (tertiary/aromatic N) is 3. The van der Waals surface area contributed by atoms with Gasteiger partial charge in [-0.1, -0.05) is 29.5 Å². The zero-order valence-corrected chi connectivity index (χ0v) is 20.3. The fourth-order valence-corrected chi connectivity index (χ4v) is 5.21. The van der Waals surface area contributed by atoms with Gasteiger partial charge in [-0.05, 0) is 25.1 Å². The van der Waals surface area contributed by atoms with E-state index in [-0.39, 0.29) is 32.7 Å². The van der Waals surface area contributed by atoms with E-state index in [9.17, 15) is 21.6 Å². The van der Waals surface area contributed by atoms with E-state index in [2.05, 4.69) is 9.97 Å². The molecule has 1 aromatic carbocycles. The predicted octanol–water partition coefficient (Wildman–Crippen LogP) is 0.880. The maximum absolute atomic E-state index is 12.9. The van der Waals surface area contributed by atoms with Crippen LogP contribution < -0.4 is 14.2 Å². The minimum atomic E-state index is -3.96. The average Bonchev–Trinajstić information content (AvgIpc) is 3.10. The Hall–Kier alpha value is -2.91. The maximum atomic E-state index is 12.9. The number of pyridine rings is 1. The minimum Gasteiger partial charge on any atom is -0.412 e. The Kier molecular flexibility index (Phi) is 7.92. The van der Waals surface area contributed by atoms with E-state index < -0.39 is 26.0 Å². The van der Waals surface area contributed by atoms with Gasteiger partial charge in [0.1, 0.15) is 5.75 Å². The quantitative estimate of drug-likeness (QED) is 0.451. The molecule has 0 atom stereocenters. The Bertz CT molecular complexity index is 1370. The first kappa shape index (κ1) is 26.3. The molecular weight excluding hydrogens is 492 g/mol. The molecule has 2 aromatic heterocycles. The number of carbonyl (C=O) groups excluding carboxylic acids is 1. The summed E-state index contributed by atoms with van der Waals surface area (Å²) in [6.45, 7) is 1.48. The van der Waals surface area contributed by atoms with Crippen LogP contribution >= 0.6 is 11.3 Å². The molecule has 4 N–H and O–H groups in total. The number of benzene rings is 1. The van der Waals surface area contributed by atoms with Crippen molar-refractivity contribution in [3.05, 3.63) is 53.9 Å².